The Morgan fingerprint density at radius 3 is 2.93 bits per heavy atom. The van der Waals surface area contributed by atoms with Gasteiger partial charge in [-0.1, -0.05) is 30.2 Å². The van der Waals surface area contributed by atoms with Crippen molar-refractivity contribution in [1.29, 1.82) is 0 Å². The summed E-state index contributed by atoms with van der Waals surface area (Å²) >= 11 is 1.65. The summed E-state index contributed by atoms with van der Waals surface area (Å²) in [5.74, 6) is 0.815. The summed E-state index contributed by atoms with van der Waals surface area (Å²) in [5.41, 5.74) is 4.13. The van der Waals surface area contributed by atoms with Gasteiger partial charge in [-0.3, -0.25) is 0 Å². The highest BCUT2D eigenvalue weighted by molar-refractivity contribution is 7.22. The number of methoxy groups -OCH3 is 1. The number of hydrogen-bond acceptors (Lipinski definition) is 6. The third-order valence-corrected chi connectivity index (χ3v) is 6.54. The minimum absolute atomic E-state index is 0.110. The van der Waals surface area contributed by atoms with Crippen molar-refractivity contribution in [3.8, 4) is 5.75 Å². The lowest BCUT2D eigenvalue weighted by molar-refractivity contribution is 0.116. The SMILES string of the molecule is COc1ccc2nc(Cc3ccc4nc(NC5CCCCC5O)sc4c3)cn2c1. The molecule has 7 heteroatoms. The molecule has 6 nitrogen and oxygen atoms in total. The fourth-order valence-electron chi connectivity index (χ4n) is 4.02. The van der Waals surface area contributed by atoms with E-state index in [0.29, 0.717) is 0 Å². The molecule has 0 bridgehead atoms. The third kappa shape index (κ3) is 3.80. The Kier molecular flexibility index (Phi) is 4.85. The molecule has 0 spiro atoms. The van der Waals surface area contributed by atoms with Crippen LogP contribution in [-0.2, 0) is 6.42 Å². The van der Waals surface area contributed by atoms with Crippen molar-refractivity contribution in [2.45, 2.75) is 44.2 Å². The molecule has 0 radical (unpaired) electrons. The predicted octanol–water partition coefficient (Wildman–Crippen LogP) is 4.26. The van der Waals surface area contributed by atoms with Crippen molar-refractivity contribution >= 4 is 32.3 Å². The fraction of sp³-hybridized carbons (Fsp3) is 0.364. The van der Waals surface area contributed by atoms with E-state index in [1.54, 1.807) is 18.4 Å². The number of benzene rings is 1. The molecule has 0 amide bonds. The highest BCUT2D eigenvalue weighted by Crippen LogP contribution is 2.30. The molecule has 150 valence electrons. The number of thiazole rings is 1. The fourth-order valence-corrected chi connectivity index (χ4v) is 5.01. The van der Waals surface area contributed by atoms with E-state index in [2.05, 4.69) is 23.5 Å². The molecule has 1 aliphatic rings. The maximum Gasteiger partial charge on any atom is 0.184 e. The number of nitrogens with one attached hydrogen (secondary N) is 1. The number of aromatic nitrogens is 3. The number of aliphatic hydroxyl groups is 1. The van der Waals surface area contributed by atoms with Crippen molar-refractivity contribution in [3.05, 3.63) is 54.0 Å². The zero-order valence-electron chi connectivity index (χ0n) is 16.3. The van der Waals surface area contributed by atoms with Crippen molar-refractivity contribution in [2.24, 2.45) is 0 Å². The first-order valence-corrected chi connectivity index (χ1v) is 10.9. The number of hydrogen-bond donors (Lipinski definition) is 2. The second-order valence-electron chi connectivity index (χ2n) is 7.67. The number of fused-ring (bicyclic) bond motifs is 2. The van der Waals surface area contributed by atoms with E-state index < -0.39 is 0 Å². The zero-order chi connectivity index (χ0) is 19.8. The van der Waals surface area contributed by atoms with Crippen LogP contribution in [0.2, 0.25) is 0 Å². The first-order valence-electron chi connectivity index (χ1n) is 10.0. The van der Waals surface area contributed by atoms with Crippen molar-refractivity contribution in [2.75, 3.05) is 12.4 Å². The van der Waals surface area contributed by atoms with Gasteiger partial charge in [0, 0.05) is 12.6 Å². The quantitative estimate of drug-likeness (QED) is 0.516. The lowest BCUT2D eigenvalue weighted by Crippen LogP contribution is -2.36. The smallest absolute Gasteiger partial charge is 0.184 e. The Balaban J connectivity index is 1.35. The van der Waals surface area contributed by atoms with Crippen LogP contribution in [-0.4, -0.2) is 38.7 Å². The average molecular weight is 409 g/mol. The van der Waals surface area contributed by atoms with E-state index in [1.807, 2.05) is 28.9 Å². The van der Waals surface area contributed by atoms with Crippen LogP contribution in [0.3, 0.4) is 0 Å². The predicted molar refractivity (Wildman–Crippen MR) is 116 cm³/mol. The van der Waals surface area contributed by atoms with Crippen LogP contribution < -0.4 is 10.1 Å². The molecular formula is C22H24N4O2S. The number of ether oxygens (including phenoxy) is 1. The van der Waals surface area contributed by atoms with Crippen LogP contribution in [0, 0.1) is 0 Å². The van der Waals surface area contributed by atoms with Gasteiger partial charge >= 0.3 is 0 Å². The molecule has 5 rings (SSSR count). The van der Waals surface area contributed by atoms with Crippen LogP contribution in [0.15, 0.2) is 42.7 Å². The standard InChI is InChI=1S/C22H24N4O2S/c1-28-16-7-9-21-23-15(12-26(21)13-16)10-14-6-8-18-20(11-14)29-22(25-18)24-17-4-2-3-5-19(17)27/h6-9,11-13,17,19,27H,2-5,10H2,1H3,(H,24,25). The highest BCUT2D eigenvalue weighted by atomic mass is 32.1. The second-order valence-corrected chi connectivity index (χ2v) is 8.70. The van der Waals surface area contributed by atoms with Crippen molar-refractivity contribution in [1.82, 2.24) is 14.4 Å². The molecule has 1 saturated carbocycles. The number of pyridine rings is 1. The van der Waals surface area contributed by atoms with E-state index in [0.717, 1.165) is 64.5 Å². The Morgan fingerprint density at radius 2 is 2.07 bits per heavy atom. The lowest BCUT2D eigenvalue weighted by Gasteiger charge is -2.27. The number of aliphatic hydroxyl groups excluding tert-OH is 1. The van der Waals surface area contributed by atoms with Gasteiger partial charge in [0.15, 0.2) is 5.13 Å². The van der Waals surface area contributed by atoms with Gasteiger partial charge in [0.05, 0.1) is 41.4 Å². The molecule has 2 atom stereocenters. The van der Waals surface area contributed by atoms with E-state index in [1.165, 1.54) is 5.56 Å². The van der Waals surface area contributed by atoms with Gasteiger partial charge in [0.1, 0.15) is 11.4 Å². The van der Waals surface area contributed by atoms with Crippen LogP contribution in [0.4, 0.5) is 5.13 Å². The molecular weight excluding hydrogens is 384 g/mol. The van der Waals surface area contributed by atoms with Gasteiger partial charge < -0.3 is 19.6 Å². The van der Waals surface area contributed by atoms with Gasteiger partial charge in [-0.2, -0.15) is 0 Å². The summed E-state index contributed by atoms with van der Waals surface area (Å²) in [5, 5.41) is 14.5. The zero-order valence-corrected chi connectivity index (χ0v) is 17.2. The monoisotopic (exact) mass is 408 g/mol. The van der Waals surface area contributed by atoms with E-state index in [9.17, 15) is 5.11 Å². The summed E-state index contributed by atoms with van der Waals surface area (Å²) in [7, 11) is 1.67. The normalized spacial score (nSPS) is 19.7. The summed E-state index contributed by atoms with van der Waals surface area (Å²) in [6.45, 7) is 0. The first kappa shape index (κ1) is 18.4. The summed E-state index contributed by atoms with van der Waals surface area (Å²) in [6, 6.07) is 10.4. The maximum absolute atomic E-state index is 10.2. The molecule has 1 aromatic carbocycles. The van der Waals surface area contributed by atoms with E-state index >= 15 is 0 Å². The molecule has 0 saturated heterocycles. The van der Waals surface area contributed by atoms with Gasteiger partial charge in [-0.05, 0) is 42.7 Å². The van der Waals surface area contributed by atoms with Crippen molar-refractivity contribution < 1.29 is 9.84 Å². The summed E-state index contributed by atoms with van der Waals surface area (Å²) in [4.78, 5) is 9.42. The number of nitrogens with zero attached hydrogens (tertiary/aromatic N) is 3. The molecule has 0 aliphatic heterocycles. The van der Waals surface area contributed by atoms with Crippen LogP contribution in [0.25, 0.3) is 15.9 Å². The summed E-state index contributed by atoms with van der Waals surface area (Å²) < 4.78 is 8.44. The maximum atomic E-state index is 10.2. The molecule has 3 heterocycles. The van der Waals surface area contributed by atoms with E-state index in [-0.39, 0.29) is 12.1 Å². The third-order valence-electron chi connectivity index (χ3n) is 5.59. The summed E-state index contributed by atoms with van der Waals surface area (Å²) in [6.07, 6.45) is 8.62. The number of imidazole rings is 1. The largest absolute Gasteiger partial charge is 0.495 e. The molecule has 2 unspecified atom stereocenters. The molecule has 1 aliphatic carbocycles. The van der Waals surface area contributed by atoms with Gasteiger partial charge in [0.2, 0.25) is 0 Å². The minimum Gasteiger partial charge on any atom is -0.495 e. The topological polar surface area (TPSA) is 71.7 Å². The second kappa shape index (κ2) is 7.65. The Hall–Kier alpha value is -2.64. The molecule has 4 aromatic rings. The number of rotatable bonds is 5. The average Bonchev–Trinajstić information content (AvgIpc) is 3.31. The van der Waals surface area contributed by atoms with E-state index in [4.69, 9.17) is 14.7 Å². The molecule has 1 fully saturated rings. The van der Waals surface area contributed by atoms with Crippen LogP contribution in [0.1, 0.15) is 36.9 Å². The minimum atomic E-state index is -0.278. The number of anilines is 1. The molecule has 2 N–H and O–H groups in total. The molecule has 29 heavy (non-hydrogen) atoms. The Labute approximate surface area is 173 Å². The Bertz CT molecular complexity index is 1150. The van der Waals surface area contributed by atoms with Crippen molar-refractivity contribution in [3.63, 3.8) is 0 Å². The van der Waals surface area contributed by atoms with Gasteiger partial charge in [-0.25, -0.2) is 9.97 Å². The first-order chi connectivity index (χ1) is 14.2. The lowest BCUT2D eigenvalue weighted by atomic mass is 9.93. The Morgan fingerprint density at radius 1 is 1.17 bits per heavy atom. The molecule has 3 aromatic heterocycles. The highest BCUT2D eigenvalue weighted by Gasteiger charge is 2.23. The van der Waals surface area contributed by atoms with Crippen LogP contribution in [0.5, 0.6) is 5.75 Å². The van der Waals surface area contributed by atoms with Gasteiger partial charge in [-0.15, -0.1) is 0 Å². The van der Waals surface area contributed by atoms with Gasteiger partial charge in [0.25, 0.3) is 0 Å². The van der Waals surface area contributed by atoms with Crippen LogP contribution >= 0.6 is 11.3 Å².